The first-order valence-electron chi connectivity index (χ1n) is 12.1. The van der Waals surface area contributed by atoms with Gasteiger partial charge < -0.3 is 10.1 Å². The Bertz CT molecular complexity index is 1440. The van der Waals surface area contributed by atoms with Gasteiger partial charge in [-0.1, -0.05) is 41.9 Å². The van der Waals surface area contributed by atoms with Crippen LogP contribution in [0.25, 0.3) is 5.69 Å². The van der Waals surface area contributed by atoms with Crippen molar-refractivity contribution in [3.05, 3.63) is 106 Å². The van der Waals surface area contributed by atoms with Crippen LogP contribution < -0.4 is 10.1 Å². The molecule has 3 aromatic carbocycles. The normalized spacial score (nSPS) is 15.3. The highest BCUT2D eigenvalue weighted by Gasteiger charge is 2.25. The lowest BCUT2D eigenvalue weighted by atomic mass is 10.1. The summed E-state index contributed by atoms with van der Waals surface area (Å²) in [4.78, 5) is 15.3. The molecule has 0 radical (unpaired) electrons. The van der Waals surface area contributed by atoms with Gasteiger partial charge in [-0.25, -0.2) is 4.68 Å². The number of carbonyl (C=O) groups is 1. The third-order valence-corrected chi connectivity index (χ3v) is 6.71. The summed E-state index contributed by atoms with van der Waals surface area (Å²) in [5, 5.41) is 17.6. The van der Waals surface area contributed by atoms with Crippen LogP contribution in [0.4, 0.5) is 5.69 Å². The number of amides is 1. The molecule has 1 atom stereocenters. The molecular weight excluding hydrogens is 486 g/mol. The number of carbonyl (C=O) groups excluding carboxylic acids is 1. The molecule has 37 heavy (non-hydrogen) atoms. The van der Waals surface area contributed by atoms with Crippen molar-refractivity contribution in [3.63, 3.8) is 0 Å². The van der Waals surface area contributed by atoms with Crippen LogP contribution >= 0.6 is 11.6 Å². The molecule has 4 aromatic rings. The quantitative estimate of drug-likeness (QED) is 0.348. The van der Waals surface area contributed by atoms with Crippen LogP contribution in [-0.4, -0.2) is 39.8 Å². The van der Waals surface area contributed by atoms with Crippen molar-refractivity contribution in [2.75, 3.05) is 18.4 Å². The average molecular weight is 512 g/mol. The maximum atomic E-state index is 13.0. The minimum absolute atomic E-state index is 0.0117. The maximum Gasteiger partial charge on any atom is 0.259 e. The summed E-state index contributed by atoms with van der Waals surface area (Å²) in [6.07, 6.45) is 2.44. The van der Waals surface area contributed by atoms with Gasteiger partial charge >= 0.3 is 0 Å². The van der Waals surface area contributed by atoms with Crippen molar-refractivity contribution in [1.82, 2.24) is 14.7 Å². The number of aromatic nitrogens is 2. The van der Waals surface area contributed by atoms with E-state index >= 15 is 0 Å². The number of benzene rings is 3. The van der Waals surface area contributed by atoms with Gasteiger partial charge in [0.25, 0.3) is 5.91 Å². The van der Waals surface area contributed by atoms with Gasteiger partial charge in [0.05, 0.1) is 28.7 Å². The van der Waals surface area contributed by atoms with Gasteiger partial charge in [0.1, 0.15) is 17.9 Å². The first-order valence-corrected chi connectivity index (χ1v) is 12.5. The highest BCUT2D eigenvalue weighted by molar-refractivity contribution is 6.30. The van der Waals surface area contributed by atoms with Crippen molar-refractivity contribution in [3.8, 4) is 17.5 Å². The number of hydrogen-bond acceptors (Lipinski definition) is 5. The van der Waals surface area contributed by atoms with Crippen LogP contribution in [0, 0.1) is 18.3 Å². The molecular formula is C29H26ClN5O2. The molecule has 1 aromatic heterocycles. The summed E-state index contributed by atoms with van der Waals surface area (Å²) in [6, 6.07) is 24.9. The van der Waals surface area contributed by atoms with E-state index in [0.29, 0.717) is 33.3 Å². The van der Waals surface area contributed by atoms with Crippen molar-refractivity contribution in [2.45, 2.75) is 26.0 Å². The van der Waals surface area contributed by atoms with Crippen LogP contribution in [0.3, 0.4) is 0 Å². The van der Waals surface area contributed by atoms with Crippen LogP contribution in [0.2, 0.25) is 5.02 Å². The number of nitrogens with one attached hydrogen (secondary N) is 1. The second-order valence-electron chi connectivity index (χ2n) is 9.06. The topological polar surface area (TPSA) is 83.2 Å². The second kappa shape index (κ2) is 10.9. The van der Waals surface area contributed by atoms with Gasteiger partial charge in [-0.3, -0.25) is 9.69 Å². The zero-order chi connectivity index (χ0) is 25.8. The lowest BCUT2D eigenvalue weighted by molar-refractivity contribution is 0.102. The van der Waals surface area contributed by atoms with Crippen LogP contribution in [0.15, 0.2) is 79.0 Å². The molecule has 0 spiro atoms. The first kappa shape index (κ1) is 24.6. The molecule has 0 bridgehead atoms. The van der Waals surface area contributed by atoms with E-state index in [0.717, 1.165) is 31.7 Å². The Hall–Kier alpha value is -4.12. The van der Waals surface area contributed by atoms with Gasteiger partial charge in [0, 0.05) is 30.3 Å². The predicted octanol–water partition coefficient (Wildman–Crippen LogP) is 5.61. The highest BCUT2D eigenvalue weighted by Crippen LogP contribution is 2.27. The van der Waals surface area contributed by atoms with Gasteiger partial charge in [-0.2, -0.15) is 10.4 Å². The van der Waals surface area contributed by atoms with Crippen molar-refractivity contribution < 1.29 is 9.53 Å². The van der Waals surface area contributed by atoms with E-state index in [1.165, 1.54) is 11.8 Å². The predicted molar refractivity (Wildman–Crippen MR) is 143 cm³/mol. The Morgan fingerprint density at radius 1 is 1.16 bits per heavy atom. The number of nitriles is 1. The third-order valence-electron chi connectivity index (χ3n) is 6.46. The molecule has 1 fully saturated rings. The monoisotopic (exact) mass is 511 g/mol. The SMILES string of the molecule is Cc1c(C(=O)Nc2ccc(OC3CCN(Cc4ccccc4)C3)c(C#N)c2)cnn1-c1ccc(Cl)cc1. The molecule has 1 saturated heterocycles. The molecule has 0 aliphatic carbocycles. The summed E-state index contributed by atoms with van der Waals surface area (Å²) in [5.41, 5.74) is 4.12. The van der Waals surface area contributed by atoms with E-state index in [-0.39, 0.29) is 12.0 Å². The standard InChI is InChI=1S/C29H26ClN5O2/c1-20-27(17-32-35(20)25-10-7-23(30)8-11-25)29(36)33-24-9-12-28(22(15-24)16-31)37-26-13-14-34(19-26)18-21-5-3-2-4-6-21/h2-12,15,17,26H,13-14,18-19H2,1H3,(H,33,36). The van der Waals surface area contributed by atoms with Crippen LogP contribution in [-0.2, 0) is 6.54 Å². The van der Waals surface area contributed by atoms with Crippen LogP contribution in [0.1, 0.15) is 33.6 Å². The molecule has 1 unspecified atom stereocenters. The Balaban J connectivity index is 1.23. The third kappa shape index (κ3) is 5.67. The lowest BCUT2D eigenvalue weighted by Gasteiger charge is -2.18. The van der Waals surface area contributed by atoms with Crippen LogP contribution in [0.5, 0.6) is 5.75 Å². The minimum atomic E-state index is -0.303. The summed E-state index contributed by atoms with van der Waals surface area (Å²) < 4.78 is 7.88. The highest BCUT2D eigenvalue weighted by atomic mass is 35.5. The molecule has 0 saturated carbocycles. The number of hydrogen-bond donors (Lipinski definition) is 1. The summed E-state index contributed by atoms with van der Waals surface area (Å²) in [7, 11) is 0. The van der Waals surface area contributed by atoms with Crippen molar-refractivity contribution >= 4 is 23.2 Å². The number of nitrogens with zero attached hydrogens (tertiary/aromatic N) is 4. The molecule has 5 rings (SSSR count). The maximum absolute atomic E-state index is 13.0. The number of ether oxygens (including phenoxy) is 1. The Kier molecular flexibility index (Phi) is 7.22. The lowest BCUT2D eigenvalue weighted by Crippen LogP contribution is -2.24. The summed E-state index contributed by atoms with van der Waals surface area (Å²) in [5.74, 6) is 0.224. The van der Waals surface area contributed by atoms with Crippen molar-refractivity contribution in [1.29, 1.82) is 5.26 Å². The molecule has 1 aliphatic heterocycles. The largest absolute Gasteiger partial charge is 0.488 e. The number of anilines is 1. The molecule has 7 nitrogen and oxygen atoms in total. The van der Waals surface area contributed by atoms with Gasteiger partial charge in [0.2, 0.25) is 0 Å². The van der Waals surface area contributed by atoms with Gasteiger partial charge in [0.15, 0.2) is 0 Å². The Labute approximate surface area is 220 Å². The van der Waals surface area contributed by atoms with Gasteiger partial charge in [-0.15, -0.1) is 0 Å². The molecule has 1 N–H and O–H groups in total. The fourth-order valence-corrected chi connectivity index (χ4v) is 4.66. The van der Waals surface area contributed by atoms with E-state index in [1.54, 1.807) is 35.0 Å². The van der Waals surface area contributed by atoms with Gasteiger partial charge in [-0.05, 0) is 61.4 Å². The summed E-state index contributed by atoms with van der Waals surface area (Å²) >= 11 is 5.98. The van der Waals surface area contributed by atoms with E-state index in [4.69, 9.17) is 16.3 Å². The molecule has 2 heterocycles. The van der Waals surface area contributed by atoms with E-state index in [1.807, 2.05) is 37.3 Å². The average Bonchev–Trinajstić information content (AvgIpc) is 3.52. The second-order valence-corrected chi connectivity index (χ2v) is 9.49. The van der Waals surface area contributed by atoms with E-state index < -0.39 is 0 Å². The fourth-order valence-electron chi connectivity index (χ4n) is 4.53. The molecule has 186 valence electrons. The molecule has 1 aliphatic rings. The zero-order valence-electron chi connectivity index (χ0n) is 20.4. The van der Waals surface area contributed by atoms with E-state index in [9.17, 15) is 10.1 Å². The van der Waals surface area contributed by atoms with Crippen molar-refractivity contribution in [2.24, 2.45) is 0 Å². The molecule has 1 amide bonds. The zero-order valence-corrected chi connectivity index (χ0v) is 21.2. The summed E-state index contributed by atoms with van der Waals surface area (Å²) in [6.45, 7) is 4.45. The number of rotatable bonds is 7. The Morgan fingerprint density at radius 3 is 2.70 bits per heavy atom. The number of likely N-dealkylation sites (tertiary alicyclic amines) is 1. The Morgan fingerprint density at radius 2 is 1.95 bits per heavy atom. The first-order chi connectivity index (χ1) is 18.0. The smallest absolute Gasteiger partial charge is 0.259 e. The molecule has 8 heteroatoms. The fraction of sp³-hybridized carbons (Fsp3) is 0.207. The number of halogens is 1. The van der Waals surface area contributed by atoms with E-state index in [2.05, 4.69) is 33.5 Å². The minimum Gasteiger partial charge on any atom is -0.488 e.